The molecule has 0 atom stereocenters. The van der Waals surface area contributed by atoms with Crippen molar-refractivity contribution in [1.82, 2.24) is 9.88 Å². The molecule has 1 fully saturated rings. The van der Waals surface area contributed by atoms with Crippen LogP contribution in [0.5, 0.6) is 0 Å². The second-order valence-electron chi connectivity index (χ2n) is 3.38. The summed E-state index contributed by atoms with van der Waals surface area (Å²) in [5, 5.41) is 0. The first-order chi connectivity index (χ1) is 6.84. The summed E-state index contributed by atoms with van der Waals surface area (Å²) in [7, 11) is 0. The molecule has 1 aromatic rings. The Morgan fingerprint density at radius 1 is 1.43 bits per heavy atom. The summed E-state index contributed by atoms with van der Waals surface area (Å²) in [4.78, 5) is 6.40. The van der Waals surface area contributed by atoms with Crippen LogP contribution in [0, 0.1) is 0 Å². The zero-order chi connectivity index (χ0) is 9.80. The Bertz CT molecular complexity index is 281. The van der Waals surface area contributed by atoms with E-state index in [9.17, 15) is 0 Å². The van der Waals surface area contributed by atoms with Crippen LogP contribution < -0.4 is 5.73 Å². The number of nitrogens with zero attached hydrogens (tertiary/aromatic N) is 2. The van der Waals surface area contributed by atoms with Crippen LogP contribution in [-0.2, 0) is 11.2 Å². The standard InChI is InChI=1S/C9H15N3O2/c10-9-11-8(7-14-9)1-2-12-3-5-13-6-4-12/h7H,1-6H2,(H2,10,11). The van der Waals surface area contributed by atoms with Crippen LogP contribution in [0.2, 0.25) is 0 Å². The van der Waals surface area contributed by atoms with E-state index in [1.54, 1.807) is 6.26 Å². The summed E-state index contributed by atoms with van der Waals surface area (Å²) in [5.41, 5.74) is 6.30. The predicted molar refractivity (Wildman–Crippen MR) is 51.9 cm³/mol. The normalized spacial score (nSPS) is 18.6. The van der Waals surface area contributed by atoms with Gasteiger partial charge in [-0.3, -0.25) is 4.90 Å². The van der Waals surface area contributed by atoms with E-state index in [0.717, 1.165) is 45.0 Å². The van der Waals surface area contributed by atoms with Gasteiger partial charge in [0, 0.05) is 26.1 Å². The summed E-state index contributed by atoms with van der Waals surface area (Å²) in [5.74, 6) is 0. The summed E-state index contributed by atoms with van der Waals surface area (Å²) in [6.07, 6.45) is 2.51. The molecule has 14 heavy (non-hydrogen) atoms. The summed E-state index contributed by atoms with van der Waals surface area (Å²) < 4.78 is 10.2. The number of anilines is 1. The SMILES string of the molecule is Nc1nc(CCN2CCOCC2)co1. The van der Waals surface area contributed by atoms with E-state index in [1.807, 2.05) is 0 Å². The van der Waals surface area contributed by atoms with E-state index < -0.39 is 0 Å². The van der Waals surface area contributed by atoms with Gasteiger partial charge in [-0.2, -0.15) is 4.98 Å². The lowest BCUT2D eigenvalue weighted by Crippen LogP contribution is -2.37. The fourth-order valence-corrected chi connectivity index (χ4v) is 1.53. The van der Waals surface area contributed by atoms with E-state index in [1.165, 1.54) is 0 Å². The van der Waals surface area contributed by atoms with Crippen molar-refractivity contribution in [2.75, 3.05) is 38.6 Å². The molecule has 2 rings (SSSR count). The molecule has 0 radical (unpaired) electrons. The zero-order valence-electron chi connectivity index (χ0n) is 8.11. The molecule has 1 saturated heterocycles. The van der Waals surface area contributed by atoms with Gasteiger partial charge in [0.25, 0.3) is 6.01 Å². The number of aromatic nitrogens is 1. The van der Waals surface area contributed by atoms with Gasteiger partial charge in [0.2, 0.25) is 0 Å². The minimum Gasteiger partial charge on any atom is -0.432 e. The molecule has 0 amide bonds. The van der Waals surface area contributed by atoms with Gasteiger partial charge in [-0.25, -0.2) is 0 Å². The number of rotatable bonds is 3. The highest BCUT2D eigenvalue weighted by Crippen LogP contribution is 2.05. The topological polar surface area (TPSA) is 64.5 Å². The van der Waals surface area contributed by atoms with Gasteiger partial charge in [-0.1, -0.05) is 0 Å². The van der Waals surface area contributed by atoms with Crippen LogP contribution in [0.25, 0.3) is 0 Å². The van der Waals surface area contributed by atoms with Crippen LogP contribution in [0.15, 0.2) is 10.7 Å². The lowest BCUT2D eigenvalue weighted by Gasteiger charge is -2.25. The van der Waals surface area contributed by atoms with Crippen LogP contribution in [0.3, 0.4) is 0 Å². The van der Waals surface area contributed by atoms with Crippen LogP contribution in [-0.4, -0.2) is 42.7 Å². The quantitative estimate of drug-likeness (QED) is 0.746. The van der Waals surface area contributed by atoms with E-state index in [4.69, 9.17) is 14.9 Å². The van der Waals surface area contributed by atoms with Crippen molar-refractivity contribution >= 4 is 6.01 Å². The number of morpholine rings is 1. The maximum Gasteiger partial charge on any atom is 0.292 e. The first kappa shape index (κ1) is 9.48. The second-order valence-corrected chi connectivity index (χ2v) is 3.38. The maximum atomic E-state index is 5.38. The van der Waals surface area contributed by atoms with Crippen molar-refractivity contribution in [3.8, 4) is 0 Å². The minimum absolute atomic E-state index is 0.252. The van der Waals surface area contributed by atoms with E-state index >= 15 is 0 Å². The average molecular weight is 197 g/mol. The number of nitrogen functional groups attached to an aromatic ring is 1. The van der Waals surface area contributed by atoms with Crippen molar-refractivity contribution in [3.63, 3.8) is 0 Å². The molecule has 1 aromatic heterocycles. The Labute approximate surface area is 82.8 Å². The Balaban J connectivity index is 1.76. The maximum absolute atomic E-state index is 5.38. The molecule has 5 heteroatoms. The highest BCUT2D eigenvalue weighted by Gasteiger charge is 2.10. The van der Waals surface area contributed by atoms with E-state index in [-0.39, 0.29) is 6.01 Å². The van der Waals surface area contributed by atoms with Gasteiger partial charge in [-0.15, -0.1) is 0 Å². The molecular formula is C9H15N3O2. The molecule has 0 bridgehead atoms. The third-order valence-electron chi connectivity index (χ3n) is 2.36. The molecule has 0 saturated carbocycles. The molecular weight excluding hydrogens is 182 g/mol. The molecule has 0 unspecified atom stereocenters. The molecule has 0 spiro atoms. The summed E-state index contributed by atoms with van der Waals surface area (Å²) in [6.45, 7) is 4.68. The molecule has 0 aromatic carbocycles. The number of nitrogens with two attached hydrogens (primary N) is 1. The minimum atomic E-state index is 0.252. The highest BCUT2D eigenvalue weighted by atomic mass is 16.5. The molecule has 5 nitrogen and oxygen atoms in total. The molecule has 2 N–H and O–H groups in total. The Hall–Kier alpha value is -1.07. The van der Waals surface area contributed by atoms with Crippen molar-refractivity contribution in [2.45, 2.75) is 6.42 Å². The van der Waals surface area contributed by atoms with Gasteiger partial charge in [0.15, 0.2) is 0 Å². The smallest absolute Gasteiger partial charge is 0.292 e. The molecule has 2 heterocycles. The van der Waals surface area contributed by atoms with Gasteiger partial charge in [0.05, 0.1) is 18.9 Å². The largest absolute Gasteiger partial charge is 0.432 e. The van der Waals surface area contributed by atoms with E-state index in [2.05, 4.69) is 9.88 Å². The fraction of sp³-hybridized carbons (Fsp3) is 0.667. The summed E-state index contributed by atoms with van der Waals surface area (Å²) in [6, 6.07) is 0.252. The Morgan fingerprint density at radius 3 is 2.86 bits per heavy atom. The molecule has 1 aliphatic heterocycles. The first-order valence-electron chi connectivity index (χ1n) is 4.84. The second kappa shape index (κ2) is 4.43. The van der Waals surface area contributed by atoms with E-state index in [0.29, 0.717) is 0 Å². The number of oxazole rings is 1. The number of hydrogen-bond donors (Lipinski definition) is 1. The third kappa shape index (κ3) is 2.46. The van der Waals surface area contributed by atoms with Crippen LogP contribution in [0.4, 0.5) is 6.01 Å². The number of hydrogen-bond acceptors (Lipinski definition) is 5. The van der Waals surface area contributed by atoms with Crippen molar-refractivity contribution < 1.29 is 9.15 Å². The predicted octanol–water partition coefficient (Wildman–Crippen LogP) is 0.131. The fourth-order valence-electron chi connectivity index (χ4n) is 1.53. The van der Waals surface area contributed by atoms with Gasteiger partial charge >= 0.3 is 0 Å². The Morgan fingerprint density at radius 2 is 2.21 bits per heavy atom. The third-order valence-corrected chi connectivity index (χ3v) is 2.36. The van der Waals surface area contributed by atoms with Gasteiger partial charge < -0.3 is 14.9 Å². The van der Waals surface area contributed by atoms with Crippen molar-refractivity contribution in [2.24, 2.45) is 0 Å². The monoisotopic (exact) mass is 197 g/mol. The number of ether oxygens (including phenoxy) is 1. The lowest BCUT2D eigenvalue weighted by molar-refractivity contribution is 0.0383. The molecule has 78 valence electrons. The summed E-state index contributed by atoms with van der Waals surface area (Å²) >= 11 is 0. The van der Waals surface area contributed by atoms with Crippen LogP contribution in [0.1, 0.15) is 5.69 Å². The molecule has 0 aliphatic carbocycles. The first-order valence-corrected chi connectivity index (χ1v) is 4.84. The zero-order valence-corrected chi connectivity index (χ0v) is 8.11. The van der Waals surface area contributed by atoms with Crippen LogP contribution >= 0.6 is 0 Å². The van der Waals surface area contributed by atoms with Crippen molar-refractivity contribution in [3.05, 3.63) is 12.0 Å². The molecule has 1 aliphatic rings. The highest BCUT2D eigenvalue weighted by molar-refractivity contribution is 5.12. The average Bonchev–Trinajstić information content (AvgIpc) is 2.63. The Kier molecular flexibility index (Phi) is 3.00. The van der Waals surface area contributed by atoms with Gasteiger partial charge in [-0.05, 0) is 0 Å². The van der Waals surface area contributed by atoms with Gasteiger partial charge in [0.1, 0.15) is 6.26 Å². The van der Waals surface area contributed by atoms with Crippen molar-refractivity contribution in [1.29, 1.82) is 0 Å². The lowest BCUT2D eigenvalue weighted by atomic mass is 10.3.